The van der Waals surface area contributed by atoms with E-state index in [2.05, 4.69) is 15.0 Å². The smallest absolute Gasteiger partial charge is 0.136 e. The van der Waals surface area contributed by atoms with Gasteiger partial charge < -0.3 is 0 Å². The highest BCUT2D eigenvalue weighted by Crippen LogP contribution is 2.33. The first-order valence-corrected chi connectivity index (χ1v) is 7.00. The molecule has 2 aromatic heterocycles. The van der Waals surface area contributed by atoms with Crippen LogP contribution in [0.15, 0.2) is 28.4 Å². The SMILES string of the molecule is CCc1nc(Cl)c(C)c(Sc2ncccc2Cl)n1. The molecule has 0 fully saturated rings. The number of aromatic nitrogens is 3. The number of aryl methyl sites for hydroxylation is 1. The van der Waals surface area contributed by atoms with Crippen molar-refractivity contribution in [3.63, 3.8) is 0 Å². The number of nitrogens with zero attached hydrogens (tertiary/aromatic N) is 3. The third-order valence-corrected chi connectivity index (χ3v) is 4.22. The Kier molecular flexibility index (Phi) is 4.43. The molecule has 18 heavy (non-hydrogen) atoms. The fourth-order valence-electron chi connectivity index (χ4n) is 1.31. The molecule has 0 bridgehead atoms. The van der Waals surface area contributed by atoms with E-state index in [9.17, 15) is 0 Å². The predicted octanol–water partition coefficient (Wildman–Crippen LogP) is 4.20. The molecular weight excluding hydrogens is 289 g/mol. The number of hydrogen-bond acceptors (Lipinski definition) is 4. The zero-order valence-corrected chi connectivity index (χ0v) is 12.3. The second kappa shape index (κ2) is 5.87. The van der Waals surface area contributed by atoms with Crippen molar-refractivity contribution >= 4 is 35.0 Å². The molecule has 0 amide bonds. The van der Waals surface area contributed by atoms with E-state index < -0.39 is 0 Å². The lowest BCUT2D eigenvalue weighted by Gasteiger charge is -2.08. The normalized spacial score (nSPS) is 10.7. The van der Waals surface area contributed by atoms with Gasteiger partial charge in [0.1, 0.15) is 21.0 Å². The maximum atomic E-state index is 6.09. The zero-order chi connectivity index (χ0) is 13.1. The van der Waals surface area contributed by atoms with Crippen molar-refractivity contribution in [3.05, 3.63) is 39.9 Å². The molecule has 0 saturated carbocycles. The number of halogens is 2. The van der Waals surface area contributed by atoms with Gasteiger partial charge in [-0.1, -0.05) is 30.1 Å². The average molecular weight is 300 g/mol. The van der Waals surface area contributed by atoms with Crippen LogP contribution in [0.2, 0.25) is 10.2 Å². The van der Waals surface area contributed by atoms with Crippen LogP contribution in [-0.4, -0.2) is 15.0 Å². The zero-order valence-electron chi connectivity index (χ0n) is 9.94. The van der Waals surface area contributed by atoms with E-state index in [0.717, 1.165) is 27.9 Å². The van der Waals surface area contributed by atoms with E-state index in [1.165, 1.54) is 11.8 Å². The Morgan fingerprint density at radius 1 is 1.22 bits per heavy atom. The Balaban J connectivity index is 2.40. The van der Waals surface area contributed by atoms with Gasteiger partial charge in [-0.15, -0.1) is 0 Å². The van der Waals surface area contributed by atoms with E-state index in [-0.39, 0.29) is 0 Å². The Hall–Kier alpha value is -0.840. The van der Waals surface area contributed by atoms with Crippen molar-refractivity contribution in [2.75, 3.05) is 0 Å². The van der Waals surface area contributed by atoms with Crippen molar-refractivity contribution < 1.29 is 0 Å². The molecular formula is C12H11Cl2N3S. The van der Waals surface area contributed by atoms with Crippen LogP contribution in [0.5, 0.6) is 0 Å². The van der Waals surface area contributed by atoms with Gasteiger partial charge >= 0.3 is 0 Å². The maximum absolute atomic E-state index is 6.09. The molecule has 0 spiro atoms. The monoisotopic (exact) mass is 299 g/mol. The van der Waals surface area contributed by atoms with Crippen molar-refractivity contribution in [2.45, 2.75) is 30.3 Å². The van der Waals surface area contributed by atoms with Gasteiger partial charge in [-0.3, -0.25) is 0 Å². The van der Waals surface area contributed by atoms with E-state index in [1.807, 2.05) is 13.8 Å². The standard InChI is InChI=1S/C12H11Cl2N3S/c1-3-9-16-10(14)7(2)11(17-9)18-12-8(13)5-4-6-15-12/h4-6H,3H2,1-2H3. The average Bonchev–Trinajstić information content (AvgIpc) is 2.37. The van der Waals surface area contributed by atoms with Gasteiger partial charge in [0.15, 0.2) is 0 Å². The van der Waals surface area contributed by atoms with E-state index in [1.54, 1.807) is 18.3 Å². The lowest BCUT2D eigenvalue weighted by molar-refractivity contribution is 0.870. The van der Waals surface area contributed by atoms with Crippen molar-refractivity contribution in [3.8, 4) is 0 Å². The summed E-state index contributed by atoms with van der Waals surface area (Å²) in [5.41, 5.74) is 0.848. The first-order valence-electron chi connectivity index (χ1n) is 5.43. The fraction of sp³-hybridized carbons (Fsp3) is 0.250. The van der Waals surface area contributed by atoms with Crippen molar-refractivity contribution in [1.82, 2.24) is 15.0 Å². The van der Waals surface area contributed by atoms with Crippen LogP contribution in [0.1, 0.15) is 18.3 Å². The molecule has 2 heterocycles. The summed E-state index contributed by atoms with van der Waals surface area (Å²) in [5, 5.41) is 2.61. The third kappa shape index (κ3) is 2.94. The van der Waals surface area contributed by atoms with E-state index in [0.29, 0.717) is 10.2 Å². The van der Waals surface area contributed by atoms with Gasteiger partial charge in [0.25, 0.3) is 0 Å². The molecule has 94 valence electrons. The summed E-state index contributed by atoms with van der Waals surface area (Å²) in [4.78, 5) is 12.9. The van der Waals surface area contributed by atoms with Gasteiger partial charge in [-0.2, -0.15) is 0 Å². The van der Waals surface area contributed by atoms with Crippen LogP contribution in [0.4, 0.5) is 0 Å². The second-order valence-corrected chi connectivity index (χ2v) is 5.35. The minimum Gasteiger partial charge on any atom is -0.248 e. The molecule has 2 rings (SSSR count). The lowest BCUT2D eigenvalue weighted by atomic mass is 10.3. The summed E-state index contributed by atoms with van der Waals surface area (Å²) < 4.78 is 0. The Bertz CT molecular complexity index is 575. The topological polar surface area (TPSA) is 38.7 Å². The Morgan fingerprint density at radius 2 is 2.00 bits per heavy atom. The Labute approximate surface area is 120 Å². The summed E-state index contributed by atoms with van der Waals surface area (Å²) in [6, 6.07) is 3.60. The predicted molar refractivity (Wildman–Crippen MR) is 74.5 cm³/mol. The lowest BCUT2D eigenvalue weighted by Crippen LogP contribution is -1.98. The molecule has 0 atom stereocenters. The minimum absolute atomic E-state index is 0.483. The third-order valence-electron chi connectivity index (χ3n) is 2.32. The second-order valence-electron chi connectivity index (χ2n) is 3.61. The minimum atomic E-state index is 0.483. The van der Waals surface area contributed by atoms with Gasteiger partial charge in [-0.25, -0.2) is 15.0 Å². The van der Waals surface area contributed by atoms with Crippen LogP contribution in [0.25, 0.3) is 0 Å². The van der Waals surface area contributed by atoms with E-state index in [4.69, 9.17) is 23.2 Å². The van der Waals surface area contributed by atoms with Gasteiger partial charge in [0.2, 0.25) is 0 Å². The maximum Gasteiger partial charge on any atom is 0.136 e. The molecule has 0 aliphatic carbocycles. The molecule has 0 aliphatic rings. The van der Waals surface area contributed by atoms with Crippen molar-refractivity contribution in [2.24, 2.45) is 0 Å². The van der Waals surface area contributed by atoms with Crippen LogP contribution in [-0.2, 0) is 6.42 Å². The molecule has 0 aliphatic heterocycles. The first kappa shape index (κ1) is 13.6. The summed E-state index contributed by atoms with van der Waals surface area (Å²) >= 11 is 13.6. The van der Waals surface area contributed by atoms with Gasteiger partial charge in [0, 0.05) is 18.2 Å². The molecule has 0 N–H and O–H groups in total. The Morgan fingerprint density at radius 3 is 2.67 bits per heavy atom. The number of pyridine rings is 1. The number of hydrogen-bond donors (Lipinski definition) is 0. The van der Waals surface area contributed by atoms with Crippen LogP contribution in [0.3, 0.4) is 0 Å². The highest BCUT2D eigenvalue weighted by molar-refractivity contribution is 7.99. The highest BCUT2D eigenvalue weighted by Gasteiger charge is 2.12. The summed E-state index contributed by atoms with van der Waals surface area (Å²) in [5.74, 6) is 0.722. The number of rotatable bonds is 3. The summed E-state index contributed by atoms with van der Waals surface area (Å²) in [6.07, 6.45) is 2.44. The van der Waals surface area contributed by atoms with Crippen LogP contribution in [0, 0.1) is 6.92 Å². The van der Waals surface area contributed by atoms with Crippen molar-refractivity contribution in [1.29, 1.82) is 0 Å². The molecule has 3 nitrogen and oxygen atoms in total. The molecule has 0 radical (unpaired) electrons. The fourth-order valence-corrected chi connectivity index (χ4v) is 2.65. The molecule has 2 aromatic rings. The largest absolute Gasteiger partial charge is 0.248 e. The molecule has 0 aromatic carbocycles. The molecule has 0 unspecified atom stereocenters. The van der Waals surface area contributed by atoms with Gasteiger partial charge in [-0.05, 0) is 30.8 Å². The quantitative estimate of drug-likeness (QED) is 0.796. The summed E-state index contributed by atoms with van der Waals surface area (Å²) in [7, 11) is 0. The molecule has 0 saturated heterocycles. The highest BCUT2D eigenvalue weighted by atomic mass is 35.5. The van der Waals surface area contributed by atoms with Gasteiger partial charge in [0.05, 0.1) is 5.02 Å². The van der Waals surface area contributed by atoms with E-state index >= 15 is 0 Å². The molecule has 6 heteroatoms. The van der Waals surface area contributed by atoms with Crippen LogP contribution >= 0.6 is 35.0 Å². The summed E-state index contributed by atoms with van der Waals surface area (Å²) in [6.45, 7) is 3.88. The van der Waals surface area contributed by atoms with Crippen LogP contribution < -0.4 is 0 Å². The first-order chi connectivity index (χ1) is 8.61.